The molecule has 7 heteroatoms. The maximum Gasteiger partial charge on any atom is 0.264 e. The van der Waals surface area contributed by atoms with Crippen LogP contribution in [0.1, 0.15) is 27.0 Å². The van der Waals surface area contributed by atoms with E-state index in [0.29, 0.717) is 24.4 Å². The van der Waals surface area contributed by atoms with Crippen molar-refractivity contribution >= 4 is 21.6 Å². The Labute approximate surface area is 189 Å². The van der Waals surface area contributed by atoms with Crippen molar-refractivity contribution in [2.24, 2.45) is 0 Å². The van der Waals surface area contributed by atoms with Gasteiger partial charge in [-0.05, 0) is 80.4 Å². The van der Waals surface area contributed by atoms with E-state index >= 15 is 0 Å². The van der Waals surface area contributed by atoms with E-state index in [1.165, 1.54) is 16.9 Å². The first-order chi connectivity index (χ1) is 15.2. The Morgan fingerprint density at radius 3 is 2.19 bits per heavy atom. The molecule has 32 heavy (non-hydrogen) atoms. The fraction of sp³-hybridized carbons (Fsp3) is 0.240. The number of carbonyl (C=O) groups is 1. The highest BCUT2D eigenvalue weighted by Gasteiger charge is 2.21. The fourth-order valence-corrected chi connectivity index (χ4v) is 4.26. The van der Waals surface area contributed by atoms with Gasteiger partial charge in [-0.15, -0.1) is 0 Å². The van der Waals surface area contributed by atoms with Gasteiger partial charge in [0, 0.05) is 12.6 Å². The van der Waals surface area contributed by atoms with Crippen molar-refractivity contribution in [3.8, 4) is 5.75 Å². The minimum Gasteiger partial charge on any atom is -0.492 e. The van der Waals surface area contributed by atoms with Crippen LogP contribution in [0, 0.1) is 20.8 Å². The smallest absolute Gasteiger partial charge is 0.264 e. The minimum atomic E-state index is -3.68. The van der Waals surface area contributed by atoms with Crippen molar-refractivity contribution in [3.63, 3.8) is 0 Å². The lowest BCUT2D eigenvalue weighted by Crippen LogP contribution is -2.28. The molecule has 0 fully saturated rings. The van der Waals surface area contributed by atoms with E-state index < -0.39 is 10.0 Å². The number of ether oxygens (including phenoxy) is 1. The summed E-state index contributed by atoms with van der Waals surface area (Å²) < 4.78 is 32.5. The first kappa shape index (κ1) is 23.3. The number of nitrogens with one attached hydrogen (secondary N) is 1. The number of benzene rings is 3. The largest absolute Gasteiger partial charge is 0.492 e. The van der Waals surface area contributed by atoms with E-state index in [-0.39, 0.29) is 10.8 Å². The third-order valence-electron chi connectivity index (χ3n) is 5.31. The molecule has 0 saturated carbocycles. The van der Waals surface area contributed by atoms with Gasteiger partial charge in [-0.1, -0.05) is 23.8 Å². The number of rotatable bonds is 8. The monoisotopic (exact) mass is 452 g/mol. The van der Waals surface area contributed by atoms with Gasteiger partial charge in [0.15, 0.2) is 0 Å². The lowest BCUT2D eigenvalue weighted by atomic mass is 10.1. The zero-order valence-electron chi connectivity index (χ0n) is 18.8. The van der Waals surface area contributed by atoms with E-state index in [2.05, 4.69) is 5.32 Å². The van der Waals surface area contributed by atoms with Gasteiger partial charge in [0.1, 0.15) is 12.4 Å². The van der Waals surface area contributed by atoms with Crippen LogP contribution in [0.2, 0.25) is 0 Å². The van der Waals surface area contributed by atoms with Gasteiger partial charge in [0.2, 0.25) is 0 Å². The van der Waals surface area contributed by atoms with E-state index in [1.54, 1.807) is 48.5 Å². The number of sulfonamides is 1. The summed E-state index contributed by atoms with van der Waals surface area (Å²) in [6.45, 7) is 6.68. The Kier molecular flexibility index (Phi) is 7.20. The molecule has 0 atom stereocenters. The average Bonchev–Trinajstić information content (AvgIpc) is 2.78. The number of aryl methyl sites for hydroxylation is 3. The fourth-order valence-electron chi connectivity index (χ4n) is 3.07. The minimum absolute atomic E-state index is 0.219. The molecule has 3 aromatic carbocycles. The average molecular weight is 453 g/mol. The van der Waals surface area contributed by atoms with Gasteiger partial charge in [-0.25, -0.2) is 8.42 Å². The maximum atomic E-state index is 12.8. The standard InChI is InChI=1S/C25H28N2O4S/c1-18-5-13-24(14-6-18)32(29,30)27(4)22-10-8-21(9-11-22)25(28)26-15-16-31-23-12-7-19(2)20(3)17-23/h5-14,17H,15-16H2,1-4H3,(H,26,28). The molecule has 3 aromatic rings. The Balaban J connectivity index is 1.56. The Morgan fingerprint density at radius 1 is 0.906 bits per heavy atom. The molecule has 1 N–H and O–H groups in total. The predicted octanol–water partition coefficient (Wildman–Crippen LogP) is 4.25. The molecule has 0 aromatic heterocycles. The third-order valence-corrected chi connectivity index (χ3v) is 7.11. The van der Waals surface area contributed by atoms with Crippen molar-refractivity contribution in [2.75, 3.05) is 24.5 Å². The third kappa shape index (κ3) is 5.48. The van der Waals surface area contributed by atoms with E-state index in [1.807, 2.05) is 39.0 Å². The zero-order valence-corrected chi connectivity index (χ0v) is 19.6. The predicted molar refractivity (Wildman–Crippen MR) is 127 cm³/mol. The van der Waals surface area contributed by atoms with Gasteiger partial charge in [0.25, 0.3) is 15.9 Å². The molecule has 0 aliphatic carbocycles. The second kappa shape index (κ2) is 9.87. The number of carbonyl (C=O) groups excluding carboxylic acids is 1. The van der Waals surface area contributed by atoms with Crippen LogP contribution in [0.5, 0.6) is 5.75 Å². The number of hydrogen-bond acceptors (Lipinski definition) is 4. The molecule has 0 saturated heterocycles. The summed E-state index contributed by atoms with van der Waals surface area (Å²) in [6.07, 6.45) is 0. The number of amides is 1. The topological polar surface area (TPSA) is 75.7 Å². The van der Waals surface area contributed by atoms with Crippen molar-refractivity contribution in [1.29, 1.82) is 0 Å². The Morgan fingerprint density at radius 2 is 1.56 bits per heavy atom. The maximum absolute atomic E-state index is 12.8. The summed E-state index contributed by atoms with van der Waals surface area (Å²) in [5, 5.41) is 2.81. The molecule has 0 radical (unpaired) electrons. The molecule has 1 amide bonds. The van der Waals surface area contributed by atoms with Crippen molar-refractivity contribution in [2.45, 2.75) is 25.7 Å². The van der Waals surface area contributed by atoms with Crippen LogP contribution in [0.15, 0.2) is 71.6 Å². The first-order valence-corrected chi connectivity index (χ1v) is 11.8. The van der Waals surface area contributed by atoms with Crippen LogP contribution < -0.4 is 14.4 Å². The molecule has 0 heterocycles. The van der Waals surface area contributed by atoms with Crippen LogP contribution >= 0.6 is 0 Å². The SMILES string of the molecule is Cc1ccc(S(=O)(=O)N(C)c2ccc(C(=O)NCCOc3ccc(C)c(C)c3)cc2)cc1. The molecule has 3 rings (SSSR count). The highest BCUT2D eigenvalue weighted by molar-refractivity contribution is 7.92. The van der Waals surface area contributed by atoms with Crippen LogP contribution in [-0.4, -0.2) is 34.5 Å². The lowest BCUT2D eigenvalue weighted by molar-refractivity contribution is 0.0947. The van der Waals surface area contributed by atoms with Crippen molar-refractivity contribution in [1.82, 2.24) is 5.32 Å². The van der Waals surface area contributed by atoms with Crippen LogP contribution in [0.25, 0.3) is 0 Å². The zero-order chi connectivity index (χ0) is 23.3. The molecule has 0 spiro atoms. The van der Waals surface area contributed by atoms with Gasteiger partial charge in [-0.2, -0.15) is 0 Å². The number of anilines is 1. The molecule has 6 nitrogen and oxygen atoms in total. The van der Waals surface area contributed by atoms with Gasteiger partial charge in [-0.3, -0.25) is 9.10 Å². The Hall–Kier alpha value is -3.32. The Bertz CT molecular complexity index is 1190. The summed E-state index contributed by atoms with van der Waals surface area (Å²) >= 11 is 0. The second-order valence-corrected chi connectivity index (χ2v) is 9.65. The van der Waals surface area contributed by atoms with Crippen molar-refractivity contribution < 1.29 is 17.9 Å². The molecule has 0 aliphatic rings. The number of hydrogen-bond donors (Lipinski definition) is 1. The van der Waals surface area contributed by atoms with E-state index in [0.717, 1.165) is 16.9 Å². The summed E-state index contributed by atoms with van der Waals surface area (Å²) in [6, 6.07) is 19.0. The van der Waals surface area contributed by atoms with Gasteiger partial charge < -0.3 is 10.1 Å². The quantitative estimate of drug-likeness (QED) is 0.519. The first-order valence-electron chi connectivity index (χ1n) is 10.3. The second-order valence-electron chi connectivity index (χ2n) is 7.68. The molecular weight excluding hydrogens is 424 g/mol. The molecule has 168 valence electrons. The summed E-state index contributed by atoms with van der Waals surface area (Å²) in [5.74, 6) is 0.522. The highest BCUT2D eigenvalue weighted by atomic mass is 32.2. The van der Waals surface area contributed by atoms with Crippen LogP contribution in [-0.2, 0) is 10.0 Å². The van der Waals surface area contributed by atoms with Gasteiger partial charge in [0.05, 0.1) is 17.1 Å². The summed E-state index contributed by atoms with van der Waals surface area (Å²) in [7, 11) is -2.18. The lowest BCUT2D eigenvalue weighted by Gasteiger charge is -2.20. The van der Waals surface area contributed by atoms with Gasteiger partial charge >= 0.3 is 0 Å². The molecule has 0 aliphatic heterocycles. The van der Waals surface area contributed by atoms with Crippen LogP contribution in [0.3, 0.4) is 0 Å². The summed E-state index contributed by atoms with van der Waals surface area (Å²) in [4.78, 5) is 12.6. The van der Waals surface area contributed by atoms with E-state index in [9.17, 15) is 13.2 Å². The molecule has 0 unspecified atom stereocenters. The number of nitrogens with zero attached hydrogens (tertiary/aromatic N) is 1. The molecule has 0 bridgehead atoms. The normalized spacial score (nSPS) is 11.1. The molecular formula is C25H28N2O4S. The summed E-state index contributed by atoms with van der Waals surface area (Å²) in [5.41, 5.74) is 4.26. The van der Waals surface area contributed by atoms with Crippen LogP contribution in [0.4, 0.5) is 5.69 Å². The van der Waals surface area contributed by atoms with E-state index in [4.69, 9.17) is 4.74 Å². The van der Waals surface area contributed by atoms with Crippen molar-refractivity contribution in [3.05, 3.63) is 89.0 Å². The highest BCUT2D eigenvalue weighted by Crippen LogP contribution is 2.23.